The Balaban J connectivity index is 2.15. The largest absolute Gasteiger partial charge is 0.459 e. The number of alkyl halides is 1. The Bertz CT molecular complexity index is 419. The van der Waals surface area contributed by atoms with E-state index in [1.54, 1.807) is 13.8 Å². The van der Waals surface area contributed by atoms with Crippen LogP contribution in [0.3, 0.4) is 0 Å². The van der Waals surface area contributed by atoms with Crippen LogP contribution < -0.4 is 0 Å². The van der Waals surface area contributed by atoms with E-state index in [0.29, 0.717) is 16.5 Å². The number of hydrogen-bond acceptors (Lipinski definition) is 4. The lowest BCUT2D eigenvalue weighted by molar-refractivity contribution is -0.150. The van der Waals surface area contributed by atoms with E-state index in [0.717, 1.165) is 25.7 Å². The summed E-state index contributed by atoms with van der Waals surface area (Å²) >= 11 is 3.24. The van der Waals surface area contributed by atoms with E-state index in [1.165, 1.54) is 6.42 Å². The number of carbonyl (C=O) groups excluding carboxylic acids is 2. The lowest BCUT2D eigenvalue weighted by atomic mass is 9.95. The van der Waals surface area contributed by atoms with Crippen molar-refractivity contribution in [2.24, 2.45) is 0 Å². The van der Waals surface area contributed by atoms with Crippen molar-refractivity contribution in [3.05, 3.63) is 11.1 Å². The normalized spacial score (nSPS) is 23.4. The highest BCUT2D eigenvalue weighted by Gasteiger charge is 2.44. The van der Waals surface area contributed by atoms with Crippen molar-refractivity contribution in [1.82, 2.24) is 0 Å². The van der Waals surface area contributed by atoms with Crippen LogP contribution in [0.2, 0.25) is 0 Å². The lowest BCUT2D eigenvalue weighted by Gasteiger charge is -2.25. The fourth-order valence-electron chi connectivity index (χ4n) is 2.69. The maximum absolute atomic E-state index is 12.3. The van der Waals surface area contributed by atoms with Crippen LogP contribution in [0.5, 0.6) is 0 Å². The summed E-state index contributed by atoms with van der Waals surface area (Å²) in [6, 6.07) is 0. The predicted octanol–water partition coefficient (Wildman–Crippen LogP) is 2.89. The molecule has 1 saturated carbocycles. The van der Waals surface area contributed by atoms with Gasteiger partial charge in [0.25, 0.3) is 0 Å². The van der Waals surface area contributed by atoms with E-state index in [1.807, 2.05) is 0 Å². The van der Waals surface area contributed by atoms with Gasteiger partial charge >= 0.3 is 11.9 Å². The zero-order valence-electron chi connectivity index (χ0n) is 11.3. The van der Waals surface area contributed by atoms with Gasteiger partial charge in [-0.3, -0.25) is 0 Å². The van der Waals surface area contributed by atoms with Crippen molar-refractivity contribution in [1.29, 1.82) is 0 Å². The summed E-state index contributed by atoms with van der Waals surface area (Å²) in [7, 11) is 0. The van der Waals surface area contributed by atoms with Crippen molar-refractivity contribution >= 4 is 27.9 Å². The van der Waals surface area contributed by atoms with Gasteiger partial charge in [-0.05, 0) is 39.5 Å². The molecule has 2 rings (SSSR count). The smallest absolute Gasteiger partial charge is 0.338 e. The summed E-state index contributed by atoms with van der Waals surface area (Å²) in [5.74, 6) is -0.838. The fraction of sp³-hybridized carbons (Fsp3) is 0.714. The minimum absolute atomic E-state index is 0.0168. The molecule has 0 atom stereocenters. The number of cyclic esters (lactones) is 1. The first-order valence-electron chi connectivity index (χ1n) is 6.69. The summed E-state index contributed by atoms with van der Waals surface area (Å²) in [4.78, 5) is 24.0. The van der Waals surface area contributed by atoms with Crippen LogP contribution in [0.1, 0.15) is 46.0 Å². The molecule has 1 aliphatic carbocycles. The Morgan fingerprint density at radius 1 is 1.37 bits per heavy atom. The molecule has 106 valence electrons. The van der Waals surface area contributed by atoms with E-state index in [2.05, 4.69) is 15.9 Å². The molecule has 0 radical (unpaired) electrons. The van der Waals surface area contributed by atoms with Crippen molar-refractivity contribution in [3.63, 3.8) is 0 Å². The zero-order valence-corrected chi connectivity index (χ0v) is 12.9. The first-order valence-corrected chi connectivity index (χ1v) is 7.82. The average molecular weight is 331 g/mol. The Morgan fingerprint density at radius 2 is 2.00 bits per heavy atom. The summed E-state index contributed by atoms with van der Waals surface area (Å²) in [6.07, 6.45) is 5.21. The first kappa shape index (κ1) is 14.6. The quantitative estimate of drug-likeness (QED) is 0.589. The molecule has 0 unspecified atom stereocenters. The van der Waals surface area contributed by atoms with Crippen LogP contribution >= 0.6 is 15.9 Å². The SMILES string of the molecule is CC1(C)OC(=O)C(CBr)=C1C(=O)OC1CCCCC1. The molecule has 4 nitrogen and oxygen atoms in total. The van der Waals surface area contributed by atoms with Gasteiger partial charge in [-0.2, -0.15) is 0 Å². The van der Waals surface area contributed by atoms with Crippen molar-refractivity contribution in [2.45, 2.75) is 57.7 Å². The maximum Gasteiger partial charge on any atom is 0.338 e. The molecule has 0 aromatic heterocycles. The van der Waals surface area contributed by atoms with Gasteiger partial charge in [0.15, 0.2) is 0 Å². The Labute approximate surface area is 121 Å². The van der Waals surface area contributed by atoms with Crippen LogP contribution in [0.4, 0.5) is 0 Å². The Hall–Kier alpha value is -0.840. The number of hydrogen-bond donors (Lipinski definition) is 0. The van der Waals surface area contributed by atoms with Crippen LogP contribution in [0, 0.1) is 0 Å². The minimum Gasteiger partial charge on any atom is -0.459 e. The van der Waals surface area contributed by atoms with Crippen LogP contribution in [0.25, 0.3) is 0 Å². The molecule has 0 aromatic rings. The molecular weight excluding hydrogens is 312 g/mol. The van der Waals surface area contributed by atoms with Crippen molar-refractivity contribution in [3.8, 4) is 0 Å². The molecule has 0 spiro atoms. The lowest BCUT2D eigenvalue weighted by Crippen LogP contribution is -2.31. The van der Waals surface area contributed by atoms with Crippen molar-refractivity contribution in [2.75, 3.05) is 5.33 Å². The number of ether oxygens (including phenoxy) is 2. The number of esters is 2. The highest BCUT2D eigenvalue weighted by atomic mass is 79.9. The van der Waals surface area contributed by atoms with Gasteiger partial charge in [-0.25, -0.2) is 9.59 Å². The van der Waals surface area contributed by atoms with E-state index in [-0.39, 0.29) is 6.10 Å². The third-order valence-electron chi connectivity index (χ3n) is 3.66. The van der Waals surface area contributed by atoms with Gasteiger partial charge in [0.1, 0.15) is 11.7 Å². The van der Waals surface area contributed by atoms with Gasteiger partial charge in [0.05, 0.1) is 11.1 Å². The van der Waals surface area contributed by atoms with Gasteiger partial charge in [0, 0.05) is 5.33 Å². The van der Waals surface area contributed by atoms with Crippen LogP contribution in [-0.2, 0) is 19.1 Å². The number of carbonyl (C=O) groups is 2. The van der Waals surface area contributed by atoms with Crippen molar-refractivity contribution < 1.29 is 19.1 Å². The zero-order chi connectivity index (χ0) is 14.0. The van der Waals surface area contributed by atoms with E-state index in [9.17, 15) is 9.59 Å². The molecule has 1 aliphatic heterocycles. The van der Waals surface area contributed by atoms with Gasteiger partial charge < -0.3 is 9.47 Å². The summed E-state index contributed by atoms with van der Waals surface area (Å²) in [5, 5.41) is 0.310. The second kappa shape index (κ2) is 5.65. The van der Waals surface area contributed by atoms with Crippen LogP contribution in [0.15, 0.2) is 11.1 Å². The van der Waals surface area contributed by atoms with E-state index < -0.39 is 17.5 Å². The first-order chi connectivity index (χ1) is 8.95. The molecule has 0 amide bonds. The molecule has 0 saturated heterocycles. The molecule has 1 fully saturated rings. The minimum atomic E-state index is -0.897. The second-order valence-electron chi connectivity index (χ2n) is 5.55. The Morgan fingerprint density at radius 3 is 2.58 bits per heavy atom. The highest BCUT2D eigenvalue weighted by molar-refractivity contribution is 9.09. The maximum atomic E-state index is 12.3. The van der Waals surface area contributed by atoms with E-state index >= 15 is 0 Å². The molecular formula is C14H19BrO4. The third kappa shape index (κ3) is 3.02. The average Bonchev–Trinajstić information content (AvgIpc) is 2.59. The molecule has 2 aliphatic rings. The predicted molar refractivity (Wildman–Crippen MR) is 74.0 cm³/mol. The topological polar surface area (TPSA) is 52.6 Å². The van der Waals surface area contributed by atoms with Gasteiger partial charge in [-0.15, -0.1) is 0 Å². The summed E-state index contributed by atoms with van der Waals surface area (Å²) in [5.41, 5.74) is -0.155. The molecule has 19 heavy (non-hydrogen) atoms. The second-order valence-corrected chi connectivity index (χ2v) is 6.11. The van der Waals surface area contributed by atoms with E-state index in [4.69, 9.17) is 9.47 Å². The van der Waals surface area contributed by atoms with Gasteiger partial charge in [0.2, 0.25) is 0 Å². The number of rotatable bonds is 3. The van der Waals surface area contributed by atoms with Crippen LogP contribution in [-0.4, -0.2) is 29.0 Å². The molecule has 5 heteroatoms. The standard InChI is InChI=1S/C14H19BrO4/c1-14(2)11(10(8-15)12(16)19-14)13(17)18-9-6-4-3-5-7-9/h9H,3-8H2,1-2H3. The fourth-order valence-corrected chi connectivity index (χ4v) is 3.20. The third-order valence-corrected chi connectivity index (χ3v) is 4.22. The van der Waals surface area contributed by atoms with Gasteiger partial charge in [-0.1, -0.05) is 22.4 Å². The summed E-state index contributed by atoms with van der Waals surface area (Å²) < 4.78 is 10.8. The summed E-state index contributed by atoms with van der Waals surface area (Å²) in [6.45, 7) is 3.44. The molecule has 0 aromatic carbocycles. The monoisotopic (exact) mass is 330 g/mol. The molecule has 0 bridgehead atoms. The number of halogens is 1. The highest BCUT2D eigenvalue weighted by Crippen LogP contribution is 2.35. The Kier molecular flexibility index (Phi) is 4.33. The molecule has 1 heterocycles. The molecule has 0 N–H and O–H groups in total.